The number of carbonyl (C=O) groups is 1. The molecule has 1 aliphatic heterocycles. The molecule has 2 rings (SSSR count). The summed E-state index contributed by atoms with van der Waals surface area (Å²) < 4.78 is 34.1. The number of fused-ring (bicyclic) bond motifs is 1. The number of carboxylic acids is 1. The van der Waals surface area contributed by atoms with Gasteiger partial charge < -0.3 is 14.7 Å². The molecule has 9 heteroatoms. The van der Waals surface area contributed by atoms with Crippen LogP contribution in [-0.2, 0) is 19.1 Å². The van der Waals surface area contributed by atoms with Crippen LogP contribution in [0.15, 0.2) is 22.2 Å². The molecule has 21 heavy (non-hydrogen) atoms. The number of nitrogens with zero attached hydrogens (tertiary/aromatic N) is 1. The second-order valence-corrected chi connectivity index (χ2v) is 5.71. The quantitative estimate of drug-likeness (QED) is 0.647. The minimum absolute atomic E-state index is 0.0600. The molecule has 114 valence electrons. The molecule has 0 spiro atoms. The third kappa shape index (κ3) is 2.69. The minimum Gasteiger partial charge on any atom is -0.492 e. The number of carboxylic acid groups (broad SMARTS) is 1. The monoisotopic (exact) mass is 315 g/mol. The van der Waals surface area contributed by atoms with E-state index in [1.54, 1.807) is 0 Å². The van der Waals surface area contributed by atoms with Crippen LogP contribution in [0.25, 0.3) is 0 Å². The normalized spacial score (nSPS) is 16.2. The molecule has 1 aromatic carbocycles. The number of rotatable bonds is 4. The summed E-state index contributed by atoms with van der Waals surface area (Å²) >= 11 is 0. The lowest BCUT2D eigenvalue weighted by Gasteiger charge is -2.22. The molecule has 0 atom stereocenters. The first-order valence-corrected chi connectivity index (χ1v) is 7.27. The first-order chi connectivity index (χ1) is 9.92. The Bertz CT molecular complexity index is 709. The van der Waals surface area contributed by atoms with E-state index in [-0.39, 0.29) is 30.1 Å². The average Bonchev–Trinajstić information content (AvgIpc) is 2.46. The first-order valence-electron chi connectivity index (χ1n) is 5.86. The highest BCUT2D eigenvalue weighted by molar-refractivity contribution is 7.87. The van der Waals surface area contributed by atoms with Crippen LogP contribution >= 0.6 is 0 Å². The van der Waals surface area contributed by atoms with Crippen LogP contribution in [0.1, 0.15) is 22.3 Å². The maximum atomic E-state index is 12.1. The Labute approximate surface area is 121 Å². The van der Waals surface area contributed by atoms with Gasteiger partial charge in [-0.15, -0.1) is 0 Å². The highest BCUT2D eigenvalue weighted by Crippen LogP contribution is 2.34. The van der Waals surface area contributed by atoms with E-state index in [2.05, 4.69) is 14.2 Å². The average molecular weight is 315 g/mol. The topological polar surface area (TPSA) is 111 Å². The van der Waals surface area contributed by atoms with Crippen LogP contribution in [0.2, 0.25) is 0 Å². The predicted octanol–water partition coefficient (Wildman–Crippen LogP) is 0.853. The number of ether oxygens (including phenoxy) is 1. The second kappa shape index (κ2) is 5.70. The van der Waals surface area contributed by atoms with Crippen molar-refractivity contribution in [2.24, 2.45) is 5.16 Å². The van der Waals surface area contributed by atoms with E-state index in [4.69, 9.17) is 4.74 Å². The summed E-state index contributed by atoms with van der Waals surface area (Å²) in [5.41, 5.74) is -0.0628. The Hall–Kier alpha value is -2.13. The summed E-state index contributed by atoms with van der Waals surface area (Å²) in [5, 5.41) is 13.0. The summed E-state index contributed by atoms with van der Waals surface area (Å²) in [5.74, 6) is -1.17. The van der Waals surface area contributed by atoms with Crippen molar-refractivity contribution in [1.29, 1.82) is 0 Å². The Morgan fingerprint density at radius 2 is 2.10 bits per heavy atom. The number of aromatic carboxylic acids is 1. The summed E-state index contributed by atoms with van der Waals surface area (Å²) in [6, 6.07) is 2.54. The molecule has 8 nitrogen and oxygen atoms in total. The molecule has 1 aromatic rings. The van der Waals surface area contributed by atoms with Gasteiger partial charge in [-0.25, -0.2) is 4.79 Å². The van der Waals surface area contributed by atoms with E-state index in [0.717, 1.165) is 13.2 Å². The van der Waals surface area contributed by atoms with Gasteiger partial charge in [0.25, 0.3) is 10.1 Å². The van der Waals surface area contributed by atoms with Crippen LogP contribution in [-0.4, -0.2) is 46.0 Å². The van der Waals surface area contributed by atoms with Gasteiger partial charge in [0.2, 0.25) is 0 Å². The fourth-order valence-electron chi connectivity index (χ4n) is 2.05. The molecule has 0 aliphatic carbocycles. The van der Waals surface area contributed by atoms with Crippen LogP contribution in [0.3, 0.4) is 0 Å². The van der Waals surface area contributed by atoms with Crippen molar-refractivity contribution >= 4 is 21.8 Å². The fourth-order valence-corrected chi connectivity index (χ4v) is 3.11. The standard InChI is InChI=1S/C12H13NO7S/c1-18-13-8-5-6-20-9-4-3-7(12(14)15)11(10(8)9)21(16,17)19-2/h3-4H,5-6H2,1-2H3,(H,14,15). The molecule has 0 radical (unpaired) electrons. The van der Waals surface area contributed by atoms with Gasteiger partial charge in [0.05, 0.1) is 30.6 Å². The summed E-state index contributed by atoms with van der Waals surface area (Å²) in [6.45, 7) is 0.286. The molecule has 1 heterocycles. The number of hydrogen-bond acceptors (Lipinski definition) is 7. The van der Waals surface area contributed by atoms with Gasteiger partial charge in [-0.3, -0.25) is 4.18 Å². The Morgan fingerprint density at radius 3 is 2.67 bits per heavy atom. The third-order valence-electron chi connectivity index (χ3n) is 2.91. The van der Waals surface area contributed by atoms with Gasteiger partial charge in [0.15, 0.2) is 0 Å². The number of oxime groups is 1. The van der Waals surface area contributed by atoms with Crippen LogP contribution in [0, 0.1) is 0 Å². The predicted molar refractivity (Wildman–Crippen MR) is 71.3 cm³/mol. The highest BCUT2D eigenvalue weighted by atomic mass is 32.2. The lowest BCUT2D eigenvalue weighted by molar-refractivity contribution is 0.0692. The summed E-state index contributed by atoms with van der Waals surface area (Å²) in [6.07, 6.45) is 0.288. The van der Waals surface area contributed by atoms with E-state index >= 15 is 0 Å². The molecule has 0 saturated carbocycles. The van der Waals surface area contributed by atoms with Gasteiger partial charge in [-0.1, -0.05) is 5.16 Å². The summed E-state index contributed by atoms with van der Waals surface area (Å²) in [4.78, 5) is 15.5. The van der Waals surface area contributed by atoms with Gasteiger partial charge in [0, 0.05) is 6.42 Å². The second-order valence-electron chi connectivity index (χ2n) is 4.06. The minimum atomic E-state index is -4.26. The third-order valence-corrected chi connectivity index (χ3v) is 4.27. The Morgan fingerprint density at radius 1 is 1.38 bits per heavy atom. The molecule has 0 saturated heterocycles. The van der Waals surface area contributed by atoms with Crippen LogP contribution in [0.4, 0.5) is 0 Å². The molecule has 1 aliphatic rings. The maximum Gasteiger partial charge on any atom is 0.337 e. The number of benzene rings is 1. The van der Waals surface area contributed by atoms with E-state index < -0.39 is 26.5 Å². The molecule has 0 fully saturated rings. The highest BCUT2D eigenvalue weighted by Gasteiger charge is 2.33. The smallest absolute Gasteiger partial charge is 0.337 e. The van der Waals surface area contributed by atoms with Crippen molar-refractivity contribution in [3.63, 3.8) is 0 Å². The molecular formula is C12H13NO7S. The van der Waals surface area contributed by atoms with Crippen molar-refractivity contribution in [3.8, 4) is 5.75 Å². The molecule has 0 unspecified atom stereocenters. The summed E-state index contributed by atoms with van der Waals surface area (Å²) in [7, 11) is -2.00. The zero-order valence-corrected chi connectivity index (χ0v) is 12.1. The largest absolute Gasteiger partial charge is 0.492 e. The van der Waals surface area contributed by atoms with E-state index in [1.807, 2.05) is 0 Å². The molecule has 1 N–H and O–H groups in total. The van der Waals surface area contributed by atoms with E-state index in [9.17, 15) is 18.3 Å². The van der Waals surface area contributed by atoms with Gasteiger partial charge >= 0.3 is 5.97 Å². The van der Waals surface area contributed by atoms with Crippen molar-refractivity contribution in [2.45, 2.75) is 11.3 Å². The zero-order valence-electron chi connectivity index (χ0n) is 11.3. The molecule has 0 aromatic heterocycles. The first kappa shape index (κ1) is 15.3. The van der Waals surface area contributed by atoms with Gasteiger partial charge in [0.1, 0.15) is 17.8 Å². The zero-order chi connectivity index (χ0) is 15.6. The SMILES string of the molecule is CON=C1CCOc2ccc(C(=O)O)c(S(=O)(=O)OC)c21. The molecule has 0 bridgehead atoms. The van der Waals surface area contributed by atoms with Gasteiger partial charge in [-0.05, 0) is 12.1 Å². The van der Waals surface area contributed by atoms with E-state index in [0.29, 0.717) is 0 Å². The van der Waals surface area contributed by atoms with Crippen LogP contribution < -0.4 is 4.74 Å². The van der Waals surface area contributed by atoms with Crippen molar-refractivity contribution in [1.82, 2.24) is 0 Å². The Balaban J connectivity index is 2.87. The maximum absolute atomic E-state index is 12.1. The molecular weight excluding hydrogens is 302 g/mol. The Kier molecular flexibility index (Phi) is 4.14. The van der Waals surface area contributed by atoms with Gasteiger partial charge in [-0.2, -0.15) is 8.42 Å². The molecule has 0 amide bonds. The van der Waals surface area contributed by atoms with Crippen molar-refractivity contribution in [2.75, 3.05) is 20.8 Å². The lowest BCUT2D eigenvalue weighted by atomic mass is 10.0. The fraction of sp³-hybridized carbons (Fsp3) is 0.333. The van der Waals surface area contributed by atoms with Crippen molar-refractivity contribution in [3.05, 3.63) is 23.3 Å². The number of hydrogen-bond donors (Lipinski definition) is 1. The van der Waals surface area contributed by atoms with Crippen LogP contribution in [0.5, 0.6) is 5.75 Å². The van der Waals surface area contributed by atoms with Crippen molar-refractivity contribution < 1.29 is 32.1 Å². The van der Waals surface area contributed by atoms with E-state index in [1.165, 1.54) is 13.2 Å². The lowest BCUT2D eigenvalue weighted by Crippen LogP contribution is -2.23.